The highest BCUT2D eigenvalue weighted by Gasteiger charge is 2.27. The van der Waals surface area contributed by atoms with E-state index < -0.39 is 35.4 Å². The van der Waals surface area contributed by atoms with E-state index in [9.17, 15) is 24.8 Å². The molecule has 0 fully saturated rings. The maximum atomic E-state index is 11.0. The van der Waals surface area contributed by atoms with Gasteiger partial charge in [0.1, 0.15) is 5.56 Å². The molecular formula is C9H11N2O7P. The van der Waals surface area contributed by atoms with Crippen molar-refractivity contribution in [2.24, 2.45) is 0 Å². The quantitative estimate of drug-likeness (QED) is 0.498. The predicted molar refractivity (Wildman–Crippen MR) is 65.0 cm³/mol. The van der Waals surface area contributed by atoms with Gasteiger partial charge >= 0.3 is 7.60 Å². The zero-order chi connectivity index (χ0) is 14.8. The van der Waals surface area contributed by atoms with E-state index in [1.165, 1.54) is 6.92 Å². The van der Waals surface area contributed by atoms with Gasteiger partial charge in [0.25, 0.3) is 11.4 Å². The highest BCUT2D eigenvalue weighted by molar-refractivity contribution is 7.51. The zero-order valence-corrected chi connectivity index (χ0v) is 11.0. The summed E-state index contributed by atoms with van der Waals surface area (Å²) in [5, 5.41) is 21.7. The summed E-state index contributed by atoms with van der Waals surface area (Å²) in [6, 6.07) is 2.29. The zero-order valence-electron chi connectivity index (χ0n) is 10.1. The van der Waals surface area contributed by atoms with Crippen molar-refractivity contribution in [2.75, 3.05) is 6.66 Å². The average Bonchev–Trinajstić information content (AvgIpc) is 2.24. The summed E-state index contributed by atoms with van der Waals surface area (Å²) in [5.74, 6) is 0. The number of hydrogen-bond acceptors (Lipinski definition) is 6. The normalized spacial score (nSPS) is 13.8. The van der Waals surface area contributed by atoms with Crippen molar-refractivity contribution in [3.05, 3.63) is 43.5 Å². The SMILES string of the molecule is Cc1cc([N+](=O)[O-])c(COP(C)(=O)O)c([N+](=O)[O-])c1. The third kappa shape index (κ3) is 4.09. The molecule has 0 aromatic heterocycles. The van der Waals surface area contributed by atoms with Crippen LogP contribution in [0, 0.1) is 27.2 Å². The second kappa shape index (κ2) is 5.43. The summed E-state index contributed by atoms with van der Waals surface area (Å²) in [5.41, 5.74) is -1.03. The van der Waals surface area contributed by atoms with Crippen LogP contribution in [0.4, 0.5) is 11.4 Å². The summed E-state index contributed by atoms with van der Waals surface area (Å²) in [4.78, 5) is 29.1. The standard InChI is InChI=1S/C9H11N2O7P/c1-6-3-8(10(12)13)7(5-18-19(2,16)17)9(4-6)11(14)15/h3-4H,5H2,1-2H3,(H,16,17). The van der Waals surface area contributed by atoms with Gasteiger partial charge in [0.15, 0.2) is 0 Å². The number of nitro benzene ring substituents is 2. The molecule has 104 valence electrons. The van der Waals surface area contributed by atoms with Gasteiger partial charge in [-0.25, -0.2) is 0 Å². The topological polar surface area (TPSA) is 133 Å². The van der Waals surface area contributed by atoms with Gasteiger partial charge in [-0.1, -0.05) is 0 Å². The van der Waals surface area contributed by atoms with Crippen LogP contribution in [-0.2, 0) is 15.7 Å². The molecule has 0 aliphatic heterocycles. The molecule has 1 atom stereocenters. The Kier molecular flexibility index (Phi) is 4.35. The van der Waals surface area contributed by atoms with Gasteiger partial charge in [0.2, 0.25) is 0 Å². The minimum atomic E-state index is -3.89. The van der Waals surface area contributed by atoms with Crippen molar-refractivity contribution in [2.45, 2.75) is 13.5 Å². The Hall–Kier alpha value is -1.83. The van der Waals surface area contributed by atoms with Gasteiger partial charge in [-0.05, 0) is 12.5 Å². The molecule has 0 spiro atoms. The first-order valence-electron chi connectivity index (χ1n) is 4.99. The van der Waals surface area contributed by atoms with E-state index in [2.05, 4.69) is 4.52 Å². The summed E-state index contributed by atoms with van der Waals surface area (Å²) in [6.45, 7) is 1.68. The number of aryl methyl sites for hydroxylation is 1. The van der Waals surface area contributed by atoms with Gasteiger partial charge in [-0.2, -0.15) is 0 Å². The molecule has 1 aromatic carbocycles. The minimum Gasteiger partial charge on any atom is -0.324 e. The molecular weight excluding hydrogens is 279 g/mol. The van der Waals surface area contributed by atoms with Crippen molar-refractivity contribution in [3.63, 3.8) is 0 Å². The molecule has 0 saturated carbocycles. The summed E-state index contributed by atoms with van der Waals surface area (Å²) < 4.78 is 15.5. The van der Waals surface area contributed by atoms with Gasteiger partial charge in [0, 0.05) is 18.8 Å². The van der Waals surface area contributed by atoms with Crippen LogP contribution < -0.4 is 0 Å². The van der Waals surface area contributed by atoms with E-state index in [1.54, 1.807) is 0 Å². The summed E-state index contributed by atoms with van der Waals surface area (Å²) in [6.07, 6.45) is 0. The molecule has 1 rings (SSSR count). The first-order valence-corrected chi connectivity index (χ1v) is 7.01. The van der Waals surface area contributed by atoms with Gasteiger partial charge in [0.05, 0.1) is 16.5 Å². The molecule has 1 aromatic rings. The fourth-order valence-corrected chi connectivity index (χ4v) is 1.81. The van der Waals surface area contributed by atoms with E-state index in [1.807, 2.05) is 0 Å². The van der Waals surface area contributed by atoms with Gasteiger partial charge in [-0.3, -0.25) is 24.8 Å². The molecule has 0 aliphatic carbocycles. The van der Waals surface area contributed by atoms with Crippen LogP contribution in [0.3, 0.4) is 0 Å². The van der Waals surface area contributed by atoms with Gasteiger partial charge in [-0.15, -0.1) is 0 Å². The highest BCUT2D eigenvalue weighted by Crippen LogP contribution is 2.40. The van der Waals surface area contributed by atoms with E-state index in [-0.39, 0.29) is 5.56 Å². The van der Waals surface area contributed by atoms with E-state index in [0.29, 0.717) is 5.56 Å². The lowest BCUT2D eigenvalue weighted by Crippen LogP contribution is -2.03. The minimum absolute atomic E-state index is 0.336. The molecule has 1 N–H and O–H groups in total. The van der Waals surface area contributed by atoms with Crippen LogP contribution in [0.2, 0.25) is 0 Å². The maximum absolute atomic E-state index is 11.0. The Morgan fingerprint density at radius 1 is 1.26 bits per heavy atom. The highest BCUT2D eigenvalue weighted by atomic mass is 31.2. The lowest BCUT2D eigenvalue weighted by molar-refractivity contribution is -0.396. The van der Waals surface area contributed by atoms with Crippen molar-refractivity contribution in [1.82, 2.24) is 0 Å². The van der Waals surface area contributed by atoms with E-state index >= 15 is 0 Å². The van der Waals surface area contributed by atoms with Crippen molar-refractivity contribution in [1.29, 1.82) is 0 Å². The second-order valence-corrected chi connectivity index (χ2v) is 5.74. The molecule has 0 bridgehead atoms. The van der Waals surface area contributed by atoms with Crippen LogP contribution in [0.1, 0.15) is 11.1 Å². The van der Waals surface area contributed by atoms with Crippen LogP contribution in [0.25, 0.3) is 0 Å². The second-order valence-electron chi connectivity index (χ2n) is 3.87. The lowest BCUT2D eigenvalue weighted by atomic mass is 10.1. The Balaban J connectivity index is 3.35. The van der Waals surface area contributed by atoms with Crippen LogP contribution in [0.5, 0.6) is 0 Å². The van der Waals surface area contributed by atoms with E-state index in [0.717, 1.165) is 18.8 Å². The molecule has 9 nitrogen and oxygen atoms in total. The maximum Gasteiger partial charge on any atom is 0.325 e. The predicted octanol–water partition coefficient (Wildman–Crippen LogP) is 2.14. The molecule has 19 heavy (non-hydrogen) atoms. The van der Waals surface area contributed by atoms with Crippen molar-refractivity contribution in [3.8, 4) is 0 Å². The number of benzene rings is 1. The number of nitrogens with zero attached hydrogens (tertiary/aromatic N) is 2. The van der Waals surface area contributed by atoms with Gasteiger partial charge < -0.3 is 9.42 Å². The number of nitro groups is 2. The summed E-state index contributed by atoms with van der Waals surface area (Å²) in [7, 11) is -3.89. The Morgan fingerprint density at radius 2 is 1.68 bits per heavy atom. The first kappa shape index (κ1) is 15.2. The Bertz CT molecular complexity index is 545. The van der Waals surface area contributed by atoms with Crippen LogP contribution >= 0.6 is 7.60 Å². The third-order valence-electron chi connectivity index (χ3n) is 2.19. The fourth-order valence-electron chi connectivity index (χ4n) is 1.44. The molecule has 0 amide bonds. The molecule has 0 heterocycles. The van der Waals surface area contributed by atoms with E-state index in [4.69, 9.17) is 4.89 Å². The molecule has 10 heteroatoms. The van der Waals surface area contributed by atoms with Crippen molar-refractivity contribution < 1.29 is 23.8 Å². The Labute approximate surface area is 107 Å². The van der Waals surface area contributed by atoms with Crippen LogP contribution in [0.15, 0.2) is 12.1 Å². The average molecular weight is 290 g/mol. The first-order chi connectivity index (χ1) is 8.61. The largest absolute Gasteiger partial charge is 0.325 e. The molecule has 0 saturated heterocycles. The Morgan fingerprint density at radius 3 is 2.00 bits per heavy atom. The fraction of sp³-hybridized carbons (Fsp3) is 0.333. The molecule has 0 aliphatic rings. The van der Waals surface area contributed by atoms with Crippen molar-refractivity contribution >= 4 is 19.0 Å². The molecule has 0 radical (unpaired) electrons. The lowest BCUT2D eigenvalue weighted by Gasteiger charge is -2.08. The molecule has 1 unspecified atom stereocenters. The van der Waals surface area contributed by atoms with Crippen LogP contribution in [-0.4, -0.2) is 21.4 Å². The monoisotopic (exact) mass is 290 g/mol. The number of rotatable bonds is 5. The number of hydrogen-bond donors (Lipinski definition) is 1. The third-order valence-corrected chi connectivity index (χ3v) is 2.80. The summed E-state index contributed by atoms with van der Waals surface area (Å²) >= 11 is 0. The smallest absolute Gasteiger partial charge is 0.324 e.